The van der Waals surface area contributed by atoms with Gasteiger partial charge in [0.25, 0.3) is 0 Å². The topological polar surface area (TPSA) is 69.4 Å². The van der Waals surface area contributed by atoms with Crippen molar-refractivity contribution < 1.29 is 13.2 Å². The molecule has 0 unspecified atom stereocenters. The molecule has 0 aromatic heterocycles. The van der Waals surface area contributed by atoms with E-state index in [2.05, 4.69) is 15.9 Å². The number of aryl methyl sites for hydroxylation is 1. The van der Waals surface area contributed by atoms with Gasteiger partial charge in [0.15, 0.2) is 0 Å². The molecule has 0 saturated heterocycles. The highest BCUT2D eigenvalue weighted by Crippen LogP contribution is 2.33. The van der Waals surface area contributed by atoms with E-state index in [1.807, 2.05) is 13.0 Å². The number of hydrogen-bond donors (Lipinski definition) is 1. The van der Waals surface area contributed by atoms with Crippen LogP contribution in [-0.2, 0) is 10.0 Å². The van der Waals surface area contributed by atoms with E-state index < -0.39 is 10.0 Å². The zero-order valence-corrected chi connectivity index (χ0v) is 13.3. The third kappa shape index (κ3) is 3.70. The maximum Gasteiger partial charge on any atom is 0.241 e. The summed E-state index contributed by atoms with van der Waals surface area (Å²) in [6.07, 6.45) is 5.52. The maximum absolute atomic E-state index is 11.7. The van der Waals surface area contributed by atoms with Gasteiger partial charge >= 0.3 is 0 Å². The highest BCUT2D eigenvalue weighted by Gasteiger charge is 2.22. The van der Waals surface area contributed by atoms with Crippen molar-refractivity contribution in [3.05, 3.63) is 22.2 Å². The third-order valence-electron chi connectivity index (χ3n) is 3.35. The van der Waals surface area contributed by atoms with Crippen LogP contribution in [0.1, 0.15) is 37.7 Å². The molecule has 0 heterocycles. The molecule has 1 aromatic rings. The van der Waals surface area contributed by atoms with Gasteiger partial charge in [-0.15, -0.1) is 0 Å². The van der Waals surface area contributed by atoms with E-state index in [1.54, 1.807) is 0 Å². The Morgan fingerprint density at radius 1 is 1.26 bits per heavy atom. The van der Waals surface area contributed by atoms with Gasteiger partial charge in [-0.2, -0.15) is 0 Å². The minimum atomic E-state index is -3.78. The van der Waals surface area contributed by atoms with Crippen molar-refractivity contribution in [3.8, 4) is 5.75 Å². The lowest BCUT2D eigenvalue weighted by Crippen LogP contribution is -2.22. The minimum absolute atomic E-state index is 0.0601. The second kappa shape index (κ2) is 5.81. The summed E-state index contributed by atoms with van der Waals surface area (Å²) in [4.78, 5) is 0.0601. The van der Waals surface area contributed by atoms with Crippen LogP contribution in [0.2, 0.25) is 0 Å². The predicted molar refractivity (Wildman–Crippen MR) is 77.8 cm³/mol. The van der Waals surface area contributed by atoms with E-state index in [4.69, 9.17) is 9.88 Å². The van der Waals surface area contributed by atoms with E-state index >= 15 is 0 Å². The highest BCUT2D eigenvalue weighted by atomic mass is 79.9. The molecule has 6 heteroatoms. The summed E-state index contributed by atoms with van der Waals surface area (Å²) in [6.45, 7) is 1.83. The van der Waals surface area contributed by atoms with Crippen LogP contribution in [-0.4, -0.2) is 14.5 Å². The van der Waals surface area contributed by atoms with Crippen LogP contribution in [0.5, 0.6) is 5.75 Å². The van der Waals surface area contributed by atoms with Crippen LogP contribution < -0.4 is 9.88 Å². The fourth-order valence-electron chi connectivity index (χ4n) is 2.41. The molecule has 0 atom stereocenters. The van der Waals surface area contributed by atoms with Crippen molar-refractivity contribution in [2.75, 3.05) is 0 Å². The van der Waals surface area contributed by atoms with Gasteiger partial charge in [0.1, 0.15) is 10.6 Å². The summed E-state index contributed by atoms with van der Waals surface area (Å²) in [7, 11) is -3.78. The second-order valence-electron chi connectivity index (χ2n) is 4.97. The number of hydrogen-bond acceptors (Lipinski definition) is 3. The number of benzene rings is 1. The molecular formula is C13H18BrNO3S. The standard InChI is InChI=1S/C13H18BrNO3S/c1-9-7-10(14)8-12(19(15,16)17)13(9)18-11-5-3-2-4-6-11/h7-8,11H,2-6H2,1H3,(H2,15,16,17). The molecule has 0 radical (unpaired) electrons. The molecule has 2 N–H and O–H groups in total. The Kier molecular flexibility index (Phi) is 4.53. The smallest absolute Gasteiger partial charge is 0.241 e. The molecule has 1 aliphatic carbocycles. The van der Waals surface area contributed by atoms with Crippen LogP contribution in [0, 0.1) is 6.92 Å². The number of halogens is 1. The fourth-order valence-corrected chi connectivity index (χ4v) is 3.89. The second-order valence-corrected chi connectivity index (χ2v) is 7.42. The SMILES string of the molecule is Cc1cc(Br)cc(S(N)(=O)=O)c1OC1CCCCC1. The van der Waals surface area contributed by atoms with E-state index in [9.17, 15) is 8.42 Å². The highest BCUT2D eigenvalue weighted by molar-refractivity contribution is 9.10. The monoisotopic (exact) mass is 347 g/mol. The van der Waals surface area contributed by atoms with Gasteiger partial charge < -0.3 is 4.74 Å². The summed E-state index contributed by atoms with van der Waals surface area (Å²) in [6, 6.07) is 3.34. The van der Waals surface area contributed by atoms with Gasteiger partial charge in [-0.3, -0.25) is 0 Å². The first-order chi connectivity index (χ1) is 8.88. The van der Waals surface area contributed by atoms with Crippen LogP contribution >= 0.6 is 15.9 Å². The first-order valence-corrected chi connectivity index (χ1v) is 8.71. The molecule has 2 rings (SSSR count). The molecule has 0 amide bonds. The minimum Gasteiger partial charge on any atom is -0.489 e. The Morgan fingerprint density at radius 3 is 2.47 bits per heavy atom. The normalized spacial score (nSPS) is 17.4. The molecule has 0 aliphatic heterocycles. The number of sulfonamides is 1. The molecular weight excluding hydrogens is 330 g/mol. The van der Waals surface area contributed by atoms with Crippen LogP contribution in [0.4, 0.5) is 0 Å². The zero-order valence-electron chi connectivity index (χ0n) is 10.9. The van der Waals surface area contributed by atoms with Gasteiger partial charge in [0.2, 0.25) is 10.0 Å². The van der Waals surface area contributed by atoms with E-state index in [1.165, 1.54) is 12.5 Å². The van der Waals surface area contributed by atoms with Crippen LogP contribution in [0.3, 0.4) is 0 Å². The molecule has 4 nitrogen and oxygen atoms in total. The van der Waals surface area contributed by atoms with Crippen molar-refractivity contribution in [1.82, 2.24) is 0 Å². The van der Waals surface area contributed by atoms with E-state index in [0.29, 0.717) is 10.2 Å². The molecule has 0 spiro atoms. The quantitative estimate of drug-likeness (QED) is 0.912. The van der Waals surface area contributed by atoms with Crippen molar-refractivity contribution in [2.45, 2.75) is 50.0 Å². The van der Waals surface area contributed by atoms with Gasteiger partial charge in [0.05, 0.1) is 6.10 Å². The summed E-state index contributed by atoms with van der Waals surface area (Å²) < 4.78 is 30.0. The summed E-state index contributed by atoms with van der Waals surface area (Å²) in [5.41, 5.74) is 0.781. The number of ether oxygens (including phenoxy) is 1. The summed E-state index contributed by atoms with van der Waals surface area (Å²) in [5, 5.41) is 5.27. The third-order valence-corrected chi connectivity index (χ3v) is 4.72. The molecule has 1 aliphatic rings. The lowest BCUT2D eigenvalue weighted by molar-refractivity contribution is 0.150. The van der Waals surface area contributed by atoms with Gasteiger partial charge in [0, 0.05) is 4.47 Å². The molecule has 106 valence electrons. The van der Waals surface area contributed by atoms with Gasteiger partial charge in [-0.05, 0) is 50.3 Å². The Hall–Kier alpha value is -0.590. The maximum atomic E-state index is 11.7. The first-order valence-electron chi connectivity index (χ1n) is 6.37. The summed E-state index contributed by atoms with van der Waals surface area (Å²) >= 11 is 3.29. The number of primary sulfonamides is 1. The van der Waals surface area contributed by atoms with E-state index in [0.717, 1.165) is 31.2 Å². The van der Waals surface area contributed by atoms with E-state index in [-0.39, 0.29) is 11.0 Å². The van der Waals surface area contributed by atoms with Crippen LogP contribution in [0.25, 0.3) is 0 Å². The molecule has 1 fully saturated rings. The lowest BCUT2D eigenvalue weighted by Gasteiger charge is -2.25. The predicted octanol–water partition coefficient (Wildman–Crippen LogP) is 3.12. The Bertz CT molecular complexity index is 565. The lowest BCUT2D eigenvalue weighted by atomic mass is 9.98. The summed E-state index contributed by atoms with van der Waals surface area (Å²) in [5.74, 6) is 0.401. The van der Waals surface area contributed by atoms with Gasteiger partial charge in [-0.1, -0.05) is 22.4 Å². The average Bonchev–Trinajstić information content (AvgIpc) is 2.32. The molecule has 0 bridgehead atoms. The Morgan fingerprint density at radius 2 is 1.89 bits per heavy atom. The van der Waals surface area contributed by atoms with Crippen molar-refractivity contribution in [1.29, 1.82) is 0 Å². The van der Waals surface area contributed by atoms with Gasteiger partial charge in [-0.25, -0.2) is 13.6 Å². The largest absolute Gasteiger partial charge is 0.489 e. The zero-order chi connectivity index (χ0) is 14.0. The molecule has 19 heavy (non-hydrogen) atoms. The Balaban J connectivity index is 2.37. The number of rotatable bonds is 3. The molecule has 1 aromatic carbocycles. The Labute approximate surface area is 122 Å². The number of nitrogens with two attached hydrogens (primary N) is 1. The first kappa shape index (κ1) is 14.8. The molecule has 1 saturated carbocycles. The van der Waals surface area contributed by atoms with Crippen LogP contribution in [0.15, 0.2) is 21.5 Å². The van der Waals surface area contributed by atoms with Crippen molar-refractivity contribution in [3.63, 3.8) is 0 Å². The average molecular weight is 348 g/mol. The van der Waals surface area contributed by atoms with Crippen molar-refractivity contribution in [2.24, 2.45) is 5.14 Å². The fraction of sp³-hybridized carbons (Fsp3) is 0.538. The van der Waals surface area contributed by atoms with Crippen molar-refractivity contribution >= 4 is 26.0 Å².